The largest absolute Gasteiger partial charge is 0.367 e. The Balaban J connectivity index is 2.10. The number of hydrogen-bond donors (Lipinski definition) is 1. The van der Waals surface area contributed by atoms with E-state index in [2.05, 4.69) is 32.9 Å². The van der Waals surface area contributed by atoms with Crippen molar-refractivity contribution in [3.05, 3.63) is 35.8 Å². The second kappa shape index (κ2) is 3.84. The van der Waals surface area contributed by atoms with Crippen molar-refractivity contribution >= 4 is 5.88 Å². The Labute approximate surface area is 118 Å². The molecule has 106 valence electrons. The van der Waals surface area contributed by atoms with Gasteiger partial charge in [-0.1, -0.05) is 45.0 Å². The zero-order chi connectivity index (χ0) is 14.7. The lowest BCUT2D eigenvalue weighted by atomic mass is 9.99. The smallest absolute Gasteiger partial charge is 0.230 e. The second-order valence-corrected chi connectivity index (χ2v) is 6.69. The number of aromatic nitrogens is 1. The predicted molar refractivity (Wildman–Crippen MR) is 76.6 cm³/mol. The van der Waals surface area contributed by atoms with Crippen molar-refractivity contribution in [3.63, 3.8) is 0 Å². The highest BCUT2D eigenvalue weighted by Crippen LogP contribution is 2.74. The van der Waals surface area contributed by atoms with Gasteiger partial charge in [0.05, 0.1) is 11.3 Å². The Morgan fingerprint density at radius 1 is 1.10 bits per heavy atom. The summed E-state index contributed by atoms with van der Waals surface area (Å²) >= 11 is 0. The van der Waals surface area contributed by atoms with Crippen molar-refractivity contribution in [1.29, 1.82) is 0 Å². The quantitative estimate of drug-likeness (QED) is 0.892. The maximum atomic E-state index is 13.1. The molecule has 1 saturated carbocycles. The molecule has 2 N–H and O–H groups in total. The standard InChI is InChI=1S/C16H19FN2O/c1-15(2)13(16(15,3)4)12-11(14(18)20-19-12)9-5-7-10(17)8-6-9/h5-8,13H,18H2,1-4H3. The molecule has 1 aliphatic carbocycles. The van der Waals surface area contributed by atoms with E-state index in [9.17, 15) is 4.39 Å². The van der Waals surface area contributed by atoms with Gasteiger partial charge in [-0.05, 0) is 28.5 Å². The number of anilines is 1. The minimum atomic E-state index is -0.266. The van der Waals surface area contributed by atoms with E-state index >= 15 is 0 Å². The van der Waals surface area contributed by atoms with Crippen LogP contribution in [0, 0.1) is 16.6 Å². The molecule has 0 bridgehead atoms. The Bertz CT molecular complexity index is 642. The van der Waals surface area contributed by atoms with Crippen LogP contribution in [0.15, 0.2) is 28.8 Å². The third-order valence-electron chi connectivity index (χ3n) is 5.17. The summed E-state index contributed by atoms with van der Waals surface area (Å²) in [7, 11) is 0. The highest BCUT2D eigenvalue weighted by Gasteiger charge is 2.67. The van der Waals surface area contributed by atoms with E-state index in [1.807, 2.05) is 0 Å². The van der Waals surface area contributed by atoms with Crippen molar-refractivity contribution < 1.29 is 8.91 Å². The molecule has 0 atom stereocenters. The molecule has 3 rings (SSSR count). The summed E-state index contributed by atoms with van der Waals surface area (Å²) in [5.41, 5.74) is 8.74. The van der Waals surface area contributed by atoms with Crippen LogP contribution in [0.5, 0.6) is 0 Å². The molecule has 0 spiro atoms. The highest BCUT2D eigenvalue weighted by molar-refractivity contribution is 5.76. The van der Waals surface area contributed by atoms with Crippen molar-refractivity contribution in [2.75, 3.05) is 5.73 Å². The fourth-order valence-corrected chi connectivity index (χ4v) is 3.30. The molecule has 1 aromatic heterocycles. The van der Waals surface area contributed by atoms with Crippen LogP contribution >= 0.6 is 0 Å². The molecule has 1 fully saturated rings. The van der Waals surface area contributed by atoms with E-state index in [0.717, 1.165) is 16.8 Å². The number of rotatable bonds is 2. The first kappa shape index (κ1) is 13.2. The molecule has 0 aliphatic heterocycles. The lowest BCUT2D eigenvalue weighted by Crippen LogP contribution is -1.95. The number of benzene rings is 1. The van der Waals surface area contributed by atoms with E-state index in [1.54, 1.807) is 12.1 Å². The Morgan fingerprint density at radius 2 is 1.65 bits per heavy atom. The third-order valence-corrected chi connectivity index (χ3v) is 5.17. The van der Waals surface area contributed by atoms with Crippen molar-refractivity contribution in [2.45, 2.75) is 33.6 Å². The van der Waals surface area contributed by atoms with Gasteiger partial charge in [0.15, 0.2) is 0 Å². The van der Waals surface area contributed by atoms with Crippen LogP contribution in [0.1, 0.15) is 39.3 Å². The minimum Gasteiger partial charge on any atom is -0.367 e. The molecule has 0 unspecified atom stereocenters. The van der Waals surface area contributed by atoms with E-state index in [-0.39, 0.29) is 22.6 Å². The molecule has 1 aliphatic rings. The van der Waals surface area contributed by atoms with Crippen molar-refractivity contribution in [3.8, 4) is 11.1 Å². The number of nitrogen functional groups attached to an aromatic ring is 1. The van der Waals surface area contributed by atoms with Crippen LogP contribution in [-0.4, -0.2) is 5.16 Å². The lowest BCUT2D eigenvalue weighted by molar-refractivity contribution is 0.423. The van der Waals surface area contributed by atoms with Gasteiger partial charge in [-0.25, -0.2) is 4.39 Å². The van der Waals surface area contributed by atoms with Gasteiger partial charge in [-0.3, -0.25) is 0 Å². The van der Waals surface area contributed by atoms with E-state index < -0.39 is 0 Å². The number of nitrogens with two attached hydrogens (primary N) is 1. The van der Waals surface area contributed by atoms with Gasteiger partial charge in [0.2, 0.25) is 5.88 Å². The molecule has 3 nitrogen and oxygen atoms in total. The zero-order valence-electron chi connectivity index (χ0n) is 12.2. The SMILES string of the molecule is CC1(C)C(c2noc(N)c2-c2ccc(F)cc2)C1(C)C. The van der Waals surface area contributed by atoms with Crippen LogP contribution in [0.3, 0.4) is 0 Å². The summed E-state index contributed by atoms with van der Waals surface area (Å²) in [5.74, 6) is 0.318. The Morgan fingerprint density at radius 3 is 2.15 bits per heavy atom. The topological polar surface area (TPSA) is 52.0 Å². The van der Waals surface area contributed by atoms with Crippen LogP contribution in [0.2, 0.25) is 0 Å². The van der Waals surface area contributed by atoms with Crippen LogP contribution in [0.25, 0.3) is 11.1 Å². The van der Waals surface area contributed by atoms with E-state index in [1.165, 1.54) is 12.1 Å². The molecule has 0 saturated heterocycles. The fraction of sp³-hybridized carbons (Fsp3) is 0.438. The molecular weight excluding hydrogens is 255 g/mol. The molecule has 1 heterocycles. The van der Waals surface area contributed by atoms with Gasteiger partial charge >= 0.3 is 0 Å². The summed E-state index contributed by atoms with van der Waals surface area (Å²) < 4.78 is 18.3. The number of halogens is 1. The molecule has 0 amide bonds. The predicted octanol–water partition coefficient (Wildman–Crippen LogP) is 4.21. The molecule has 20 heavy (non-hydrogen) atoms. The molecule has 2 aromatic rings. The maximum Gasteiger partial charge on any atom is 0.230 e. The number of nitrogens with zero attached hydrogens (tertiary/aromatic N) is 1. The average molecular weight is 274 g/mol. The van der Waals surface area contributed by atoms with Crippen LogP contribution in [-0.2, 0) is 0 Å². The summed E-state index contributed by atoms with van der Waals surface area (Å²) in [6, 6.07) is 6.28. The summed E-state index contributed by atoms with van der Waals surface area (Å²) in [5, 5.41) is 4.17. The monoisotopic (exact) mass is 274 g/mol. The van der Waals surface area contributed by atoms with Gasteiger partial charge < -0.3 is 10.3 Å². The van der Waals surface area contributed by atoms with E-state index in [0.29, 0.717) is 5.88 Å². The Kier molecular flexibility index (Phi) is 2.53. The molecule has 4 heteroatoms. The summed E-state index contributed by atoms with van der Waals surface area (Å²) in [6.45, 7) is 8.88. The minimum absolute atomic E-state index is 0.144. The zero-order valence-corrected chi connectivity index (χ0v) is 12.2. The molecular formula is C16H19FN2O. The van der Waals surface area contributed by atoms with Gasteiger partial charge in [0.1, 0.15) is 5.82 Å². The summed E-state index contributed by atoms with van der Waals surface area (Å²) in [4.78, 5) is 0. The maximum absolute atomic E-state index is 13.1. The normalized spacial score (nSPS) is 20.1. The first-order valence-corrected chi connectivity index (χ1v) is 6.78. The second-order valence-electron chi connectivity index (χ2n) is 6.69. The van der Waals surface area contributed by atoms with Gasteiger partial charge in [0.25, 0.3) is 0 Å². The van der Waals surface area contributed by atoms with Crippen molar-refractivity contribution in [2.24, 2.45) is 10.8 Å². The van der Waals surface area contributed by atoms with Gasteiger partial charge in [0, 0.05) is 5.92 Å². The number of hydrogen-bond acceptors (Lipinski definition) is 3. The first-order chi connectivity index (χ1) is 9.26. The van der Waals surface area contributed by atoms with E-state index in [4.69, 9.17) is 10.3 Å². The fourth-order valence-electron chi connectivity index (χ4n) is 3.30. The average Bonchev–Trinajstić information content (AvgIpc) is 2.65. The third kappa shape index (κ3) is 1.60. The van der Waals surface area contributed by atoms with Gasteiger partial charge in [-0.15, -0.1) is 0 Å². The van der Waals surface area contributed by atoms with Crippen LogP contribution in [0.4, 0.5) is 10.3 Å². The summed E-state index contributed by atoms with van der Waals surface area (Å²) in [6.07, 6.45) is 0. The first-order valence-electron chi connectivity index (χ1n) is 6.78. The highest BCUT2D eigenvalue weighted by atomic mass is 19.1. The lowest BCUT2D eigenvalue weighted by Gasteiger charge is -2.04. The van der Waals surface area contributed by atoms with Crippen molar-refractivity contribution in [1.82, 2.24) is 5.16 Å². The molecule has 0 radical (unpaired) electrons. The molecule has 1 aromatic carbocycles. The Hall–Kier alpha value is -1.84. The van der Waals surface area contributed by atoms with Gasteiger partial charge in [-0.2, -0.15) is 0 Å². The van der Waals surface area contributed by atoms with Crippen LogP contribution < -0.4 is 5.73 Å².